The first-order chi connectivity index (χ1) is 12.8. The monoisotopic (exact) mass is 358 g/mol. The summed E-state index contributed by atoms with van der Waals surface area (Å²) in [6.45, 7) is 8.55. The number of rotatable bonds is 4. The van der Waals surface area contributed by atoms with E-state index in [2.05, 4.69) is 24.4 Å². The predicted octanol–water partition coefficient (Wildman–Crippen LogP) is -0.983. The van der Waals surface area contributed by atoms with Gasteiger partial charge in [-0.2, -0.15) is 0 Å². The molecule has 8 heteroatoms. The fourth-order valence-corrected chi connectivity index (χ4v) is 3.20. The molecule has 1 aromatic heterocycles. The molecule has 2 aliphatic rings. The van der Waals surface area contributed by atoms with Crippen LogP contribution < -0.4 is 15.1 Å². The number of ether oxygens (including phenoxy) is 2. The number of hydrogen-bond acceptors (Lipinski definition) is 6. The van der Waals surface area contributed by atoms with Gasteiger partial charge in [0, 0.05) is 5.69 Å². The van der Waals surface area contributed by atoms with Gasteiger partial charge in [0.25, 0.3) is 0 Å². The molecule has 0 amide bonds. The van der Waals surface area contributed by atoms with Crippen LogP contribution >= 0.6 is 0 Å². The first kappa shape index (κ1) is 17.3. The molecule has 0 saturated carbocycles. The van der Waals surface area contributed by atoms with E-state index in [4.69, 9.17) is 24.4 Å². The summed E-state index contributed by atoms with van der Waals surface area (Å²) in [5.74, 6) is 2.20. The van der Waals surface area contributed by atoms with Gasteiger partial charge < -0.3 is 14.8 Å². The van der Waals surface area contributed by atoms with E-state index in [1.54, 1.807) is 0 Å². The van der Waals surface area contributed by atoms with Gasteiger partial charge in [-0.1, -0.05) is 17.7 Å². The molecule has 0 unspecified atom stereocenters. The predicted molar refractivity (Wildman–Crippen MR) is 96.6 cm³/mol. The Hall–Kier alpha value is -2.13. The van der Waals surface area contributed by atoms with Crippen LogP contribution in [0.2, 0.25) is 0 Å². The number of aromatic nitrogens is 3. The van der Waals surface area contributed by atoms with Crippen LogP contribution in [0.4, 0.5) is 23.5 Å². The van der Waals surface area contributed by atoms with Crippen LogP contribution in [-0.4, -0.2) is 67.6 Å². The molecule has 0 spiro atoms. The summed E-state index contributed by atoms with van der Waals surface area (Å²) in [5, 5.41) is 3.34. The molecule has 1 aromatic carbocycles. The lowest BCUT2D eigenvalue weighted by Gasteiger charge is -2.24. The minimum absolute atomic E-state index is 0.604. The van der Waals surface area contributed by atoms with Crippen molar-refractivity contribution in [2.45, 2.75) is 6.92 Å². The minimum Gasteiger partial charge on any atom is -0.370 e. The van der Waals surface area contributed by atoms with Gasteiger partial charge in [0.1, 0.15) is 26.2 Å². The Balaban J connectivity index is 1.63. The molecule has 0 atom stereocenters. The van der Waals surface area contributed by atoms with Gasteiger partial charge in [0.05, 0.1) is 26.4 Å². The first-order valence-electron chi connectivity index (χ1n) is 9.23. The molecule has 2 fully saturated rings. The van der Waals surface area contributed by atoms with Crippen molar-refractivity contribution in [1.82, 2.24) is 15.0 Å². The molecule has 3 N–H and O–H groups in total. The van der Waals surface area contributed by atoms with Gasteiger partial charge in [-0.15, -0.1) is 15.0 Å². The van der Waals surface area contributed by atoms with E-state index >= 15 is 0 Å². The quantitative estimate of drug-likeness (QED) is 0.652. The zero-order valence-electron chi connectivity index (χ0n) is 15.1. The van der Waals surface area contributed by atoms with Crippen molar-refractivity contribution in [3.63, 3.8) is 0 Å². The molecular formula is C18H26N6O2+2. The van der Waals surface area contributed by atoms with Crippen LogP contribution in [0.25, 0.3) is 0 Å². The summed E-state index contributed by atoms with van der Waals surface area (Å²) in [6, 6.07) is 8.24. The number of anilines is 2. The second-order valence-electron chi connectivity index (χ2n) is 6.73. The third-order valence-electron chi connectivity index (χ3n) is 4.77. The Labute approximate surface area is 153 Å². The largest absolute Gasteiger partial charge is 0.370 e. The van der Waals surface area contributed by atoms with Crippen molar-refractivity contribution < 1.29 is 19.3 Å². The lowest BCUT2D eigenvalue weighted by atomic mass is 10.2. The lowest BCUT2D eigenvalue weighted by Crippen LogP contribution is -3.11. The number of hydrogen-bond donors (Lipinski definition) is 3. The number of nitrogens with zero attached hydrogens (tertiary/aromatic N) is 3. The molecule has 0 aliphatic carbocycles. The van der Waals surface area contributed by atoms with E-state index in [1.165, 1.54) is 15.4 Å². The summed E-state index contributed by atoms with van der Waals surface area (Å²) in [4.78, 5) is 16.7. The Bertz CT molecular complexity index is 691. The van der Waals surface area contributed by atoms with Gasteiger partial charge in [-0.05, 0) is 19.1 Å². The van der Waals surface area contributed by atoms with E-state index in [-0.39, 0.29) is 0 Å². The molecule has 138 valence electrons. The van der Waals surface area contributed by atoms with Crippen LogP contribution in [-0.2, 0) is 9.47 Å². The molecule has 8 nitrogen and oxygen atoms in total. The molecule has 4 rings (SSSR count). The van der Waals surface area contributed by atoms with E-state index in [0.717, 1.165) is 70.2 Å². The van der Waals surface area contributed by atoms with E-state index in [1.807, 2.05) is 12.1 Å². The number of quaternary nitrogens is 2. The lowest BCUT2D eigenvalue weighted by molar-refractivity contribution is -0.856. The zero-order valence-corrected chi connectivity index (χ0v) is 15.1. The van der Waals surface area contributed by atoms with Crippen LogP contribution in [0.15, 0.2) is 24.3 Å². The number of morpholine rings is 2. The molecule has 3 heterocycles. The molecule has 0 bridgehead atoms. The van der Waals surface area contributed by atoms with Gasteiger partial charge in [0.2, 0.25) is 5.95 Å². The molecule has 0 radical (unpaired) electrons. The Morgan fingerprint density at radius 1 is 0.769 bits per heavy atom. The van der Waals surface area contributed by atoms with Crippen molar-refractivity contribution in [2.75, 3.05) is 57.9 Å². The summed E-state index contributed by atoms with van der Waals surface area (Å²) in [5.41, 5.74) is 2.20. The fraction of sp³-hybridized carbons (Fsp3) is 0.500. The smallest absolute Gasteiger partial charge is 0.337 e. The van der Waals surface area contributed by atoms with Crippen molar-refractivity contribution >= 4 is 23.5 Å². The summed E-state index contributed by atoms with van der Waals surface area (Å²) < 4.78 is 11.0. The van der Waals surface area contributed by atoms with Crippen LogP contribution in [0.1, 0.15) is 5.56 Å². The van der Waals surface area contributed by atoms with Crippen molar-refractivity contribution in [1.29, 1.82) is 0 Å². The molecule has 26 heavy (non-hydrogen) atoms. The average Bonchev–Trinajstić information content (AvgIpc) is 2.71. The maximum atomic E-state index is 5.48. The van der Waals surface area contributed by atoms with Crippen LogP contribution in [0.3, 0.4) is 0 Å². The highest BCUT2D eigenvalue weighted by Gasteiger charge is 2.27. The Kier molecular flexibility index (Phi) is 5.35. The molecule has 2 aliphatic heterocycles. The molecule has 2 aromatic rings. The van der Waals surface area contributed by atoms with Gasteiger partial charge in [-0.3, -0.25) is 9.80 Å². The second kappa shape index (κ2) is 8.05. The highest BCUT2D eigenvalue weighted by molar-refractivity contribution is 5.54. The second-order valence-corrected chi connectivity index (χ2v) is 6.73. The van der Waals surface area contributed by atoms with Crippen LogP contribution in [0.5, 0.6) is 0 Å². The molecule has 2 saturated heterocycles. The SMILES string of the molecule is Cc1ccc(Nc2nc([NH+]3CCOCC3)nc([NH+]3CCOCC3)n2)cc1. The normalized spacial score (nSPS) is 19.4. The van der Waals surface area contributed by atoms with E-state index in [9.17, 15) is 0 Å². The van der Waals surface area contributed by atoms with Crippen LogP contribution in [0, 0.1) is 6.92 Å². The van der Waals surface area contributed by atoms with Gasteiger partial charge in [0.15, 0.2) is 0 Å². The first-order valence-corrected chi connectivity index (χ1v) is 9.23. The third kappa shape index (κ3) is 4.16. The fourth-order valence-electron chi connectivity index (χ4n) is 3.20. The maximum Gasteiger partial charge on any atom is 0.337 e. The highest BCUT2D eigenvalue weighted by Crippen LogP contribution is 2.14. The van der Waals surface area contributed by atoms with Gasteiger partial charge >= 0.3 is 11.9 Å². The number of nitrogens with one attached hydrogen (secondary N) is 3. The summed E-state index contributed by atoms with van der Waals surface area (Å²) in [6.07, 6.45) is 0. The van der Waals surface area contributed by atoms with E-state index < -0.39 is 0 Å². The number of benzene rings is 1. The summed E-state index contributed by atoms with van der Waals surface area (Å²) >= 11 is 0. The standard InChI is InChI=1S/C18H24N6O2/c1-14-2-4-15(5-3-14)19-16-20-17(23-6-10-25-11-7-23)22-18(21-16)24-8-12-26-13-9-24/h2-5H,6-13H2,1H3,(H,19,20,21,22)/p+2. The zero-order chi connectivity index (χ0) is 17.8. The van der Waals surface area contributed by atoms with Crippen molar-refractivity contribution in [3.05, 3.63) is 29.8 Å². The molecular weight excluding hydrogens is 332 g/mol. The third-order valence-corrected chi connectivity index (χ3v) is 4.77. The average molecular weight is 358 g/mol. The highest BCUT2D eigenvalue weighted by atomic mass is 16.5. The topological polar surface area (TPSA) is 78.0 Å². The summed E-state index contributed by atoms with van der Waals surface area (Å²) in [7, 11) is 0. The Morgan fingerprint density at radius 2 is 1.27 bits per heavy atom. The van der Waals surface area contributed by atoms with Crippen molar-refractivity contribution in [3.8, 4) is 0 Å². The van der Waals surface area contributed by atoms with Gasteiger partial charge in [-0.25, -0.2) is 0 Å². The minimum atomic E-state index is 0.604. The maximum absolute atomic E-state index is 5.48. The van der Waals surface area contributed by atoms with Crippen molar-refractivity contribution in [2.24, 2.45) is 0 Å². The van der Waals surface area contributed by atoms with E-state index in [0.29, 0.717) is 5.95 Å². The Morgan fingerprint density at radius 3 is 1.77 bits per heavy atom. The number of aryl methyl sites for hydroxylation is 1.